The Kier molecular flexibility index (Phi) is 7.80. The van der Waals surface area contributed by atoms with E-state index in [4.69, 9.17) is 0 Å². The quantitative estimate of drug-likeness (QED) is 0.120. The van der Waals surface area contributed by atoms with Crippen LogP contribution in [0.3, 0.4) is 0 Å². The smallest absolute Gasteiger partial charge is 0.0159 e. The molecule has 0 heterocycles. The van der Waals surface area contributed by atoms with Crippen LogP contribution in [-0.4, -0.2) is 0 Å². The minimum absolute atomic E-state index is 0.0745. The molecule has 0 spiro atoms. The topological polar surface area (TPSA) is 0 Å². The second-order valence-corrected chi connectivity index (χ2v) is 19.2. The van der Waals surface area contributed by atoms with E-state index in [-0.39, 0.29) is 10.8 Å². The number of hydrogen-bond donors (Lipinski definition) is 0. The Balaban J connectivity index is 1.09. The Morgan fingerprint density at radius 3 is 1.48 bits per heavy atom. The first-order valence-electron chi connectivity index (χ1n) is 22.7. The minimum Gasteiger partial charge on any atom is -0.0622 e. The van der Waals surface area contributed by atoms with Crippen molar-refractivity contribution < 1.29 is 0 Å². The van der Waals surface area contributed by atoms with Crippen LogP contribution in [0.5, 0.6) is 0 Å². The summed E-state index contributed by atoms with van der Waals surface area (Å²) in [4.78, 5) is 0. The lowest BCUT2D eigenvalue weighted by Gasteiger charge is -2.23. The van der Waals surface area contributed by atoms with Gasteiger partial charge in [0.1, 0.15) is 0 Å². The van der Waals surface area contributed by atoms with Crippen LogP contribution in [0.1, 0.15) is 61.1 Å². The van der Waals surface area contributed by atoms with E-state index >= 15 is 0 Å². The summed E-state index contributed by atoms with van der Waals surface area (Å²) in [5, 5.41) is 10.3. The van der Waals surface area contributed by atoms with Crippen molar-refractivity contribution in [2.24, 2.45) is 0 Å². The van der Waals surface area contributed by atoms with Crippen molar-refractivity contribution in [1.29, 1.82) is 0 Å². The third-order valence-electron chi connectivity index (χ3n) is 15.0. The number of rotatable bonds is 5. The second-order valence-electron chi connectivity index (χ2n) is 19.2. The maximum atomic E-state index is 2.51. The van der Waals surface area contributed by atoms with Gasteiger partial charge in [-0.25, -0.2) is 0 Å². The largest absolute Gasteiger partial charge is 0.0622 e. The standard InChI is InChI=1S/C64H46/c1-63(2)57-20-12-10-18-47(57)49-29-26-43(36-59(49)63)46-28-24-41-25-31-52-54(44-27-30-50-48-19-11-13-21-58(48)64(3,4)60(50)37-44)38-56(53-33-32-51(46)61(41)62(52)53)55-35-40(23-22-39-14-6-5-7-15-39)34-42-16-8-9-17-45(42)55/h5-38H,1-4H3/b23-22-. The predicted molar refractivity (Wildman–Crippen MR) is 274 cm³/mol. The first kappa shape index (κ1) is 37.1. The van der Waals surface area contributed by atoms with Crippen molar-refractivity contribution in [2.75, 3.05) is 0 Å². The molecule has 11 aromatic rings. The lowest BCUT2D eigenvalue weighted by molar-refractivity contribution is 0.660. The van der Waals surface area contributed by atoms with E-state index in [0.717, 1.165) is 0 Å². The second kappa shape index (κ2) is 13.5. The zero-order valence-electron chi connectivity index (χ0n) is 36.6. The molecule has 11 aromatic carbocycles. The van der Waals surface area contributed by atoms with Crippen molar-refractivity contribution in [2.45, 2.75) is 38.5 Å². The van der Waals surface area contributed by atoms with Crippen LogP contribution in [0.15, 0.2) is 194 Å². The average molecular weight is 815 g/mol. The van der Waals surface area contributed by atoms with Crippen LogP contribution < -0.4 is 0 Å². The molecule has 0 unspecified atom stereocenters. The Morgan fingerprint density at radius 1 is 0.281 bits per heavy atom. The highest BCUT2D eigenvalue weighted by atomic mass is 14.4. The van der Waals surface area contributed by atoms with Crippen LogP contribution in [0.25, 0.3) is 111 Å². The summed E-state index contributed by atoms with van der Waals surface area (Å²) >= 11 is 0. The zero-order valence-corrected chi connectivity index (χ0v) is 36.6. The summed E-state index contributed by atoms with van der Waals surface area (Å²) in [7, 11) is 0. The van der Waals surface area contributed by atoms with Gasteiger partial charge < -0.3 is 0 Å². The monoisotopic (exact) mass is 814 g/mol. The van der Waals surface area contributed by atoms with Gasteiger partial charge in [0.15, 0.2) is 0 Å². The summed E-state index contributed by atoms with van der Waals surface area (Å²) in [6.07, 6.45) is 4.50. The third kappa shape index (κ3) is 5.29. The van der Waals surface area contributed by atoms with Gasteiger partial charge in [0.25, 0.3) is 0 Å². The number of benzene rings is 11. The molecular weight excluding hydrogens is 769 g/mol. The highest BCUT2D eigenvalue weighted by Gasteiger charge is 2.37. The molecule has 0 amide bonds. The van der Waals surface area contributed by atoms with E-state index in [2.05, 4.69) is 234 Å². The minimum atomic E-state index is -0.106. The molecule has 0 bridgehead atoms. The fourth-order valence-electron chi connectivity index (χ4n) is 11.8. The molecule has 0 atom stereocenters. The third-order valence-corrected chi connectivity index (χ3v) is 15.0. The van der Waals surface area contributed by atoms with Gasteiger partial charge in [-0.3, -0.25) is 0 Å². The normalized spacial score (nSPS) is 14.4. The van der Waals surface area contributed by atoms with Crippen molar-refractivity contribution in [1.82, 2.24) is 0 Å². The molecule has 0 heteroatoms. The molecule has 302 valence electrons. The zero-order chi connectivity index (χ0) is 42.9. The number of fused-ring (bicyclic) bond motifs is 7. The molecule has 0 fully saturated rings. The average Bonchev–Trinajstić information content (AvgIpc) is 3.71. The molecular formula is C64H46. The maximum absolute atomic E-state index is 2.51. The Hall–Kier alpha value is -7.54. The summed E-state index contributed by atoms with van der Waals surface area (Å²) in [5.41, 5.74) is 20.8. The summed E-state index contributed by atoms with van der Waals surface area (Å²) < 4.78 is 0. The first-order valence-corrected chi connectivity index (χ1v) is 22.7. The molecule has 2 aliphatic carbocycles. The fourth-order valence-corrected chi connectivity index (χ4v) is 11.8. The molecule has 13 rings (SSSR count). The van der Waals surface area contributed by atoms with Crippen LogP contribution >= 0.6 is 0 Å². The van der Waals surface area contributed by atoms with E-state index in [1.54, 1.807) is 0 Å². The highest BCUT2D eigenvalue weighted by Crippen LogP contribution is 2.53. The van der Waals surface area contributed by atoms with E-state index in [0.29, 0.717) is 0 Å². The van der Waals surface area contributed by atoms with Gasteiger partial charge in [-0.05, 0) is 162 Å². The van der Waals surface area contributed by atoms with Crippen molar-refractivity contribution in [3.05, 3.63) is 228 Å². The summed E-state index contributed by atoms with van der Waals surface area (Å²) in [5.74, 6) is 0. The van der Waals surface area contributed by atoms with E-state index in [1.165, 1.54) is 132 Å². The summed E-state index contributed by atoms with van der Waals surface area (Å²) in [6, 6.07) is 73.4. The van der Waals surface area contributed by atoms with Gasteiger partial charge in [-0.2, -0.15) is 0 Å². The molecule has 0 N–H and O–H groups in total. The Labute approximate surface area is 375 Å². The molecule has 64 heavy (non-hydrogen) atoms. The lowest BCUT2D eigenvalue weighted by atomic mass is 9.80. The van der Waals surface area contributed by atoms with Crippen LogP contribution in [0, 0.1) is 0 Å². The fraction of sp³-hybridized carbons (Fsp3) is 0.0938. The Bertz CT molecular complexity index is 3760. The molecule has 0 aliphatic heterocycles. The first-order chi connectivity index (χ1) is 31.2. The van der Waals surface area contributed by atoms with Gasteiger partial charge in [0, 0.05) is 10.8 Å². The van der Waals surface area contributed by atoms with Gasteiger partial charge in [0.2, 0.25) is 0 Å². The Morgan fingerprint density at radius 2 is 0.781 bits per heavy atom. The summed E-state index contributed by atoms with van der Waals surface area (Å²) in [6.45, 7) is 9.53. The van der Waals surface area contributed by atoms with E-state index < -0.39 is 0 Å². The molecule has 0 aromatic heterocycles. The number of hydrogen-bond acceptors (Lipinski definition) is 0. The molecule has 0 saturated heterocycles. The van der Waals surface area contributed by atoms with E-state index in [9.17, 15) is 0 Å². The van der Waals surface area contributed by atoms with Crippen molar-refractivity contribution in [3.63, 3.8) is 0 Å². The van der Waals surface area contributed by atoms with Crippen LogP contribution in [-0.2, 0) is 10.8 Å². The highest BCUT2D eigenvalue weighted by molar-refractivity contribution is 6.30. The molecule has 2 aliphatic rings. The molecule has 0 nitrogen and oxygen atoms in total. The van der Waals surface area contributed by atoms with Crippen LogP contribution in [0.4, 0.5) is 0 Å². The molecule has 0 radical (unpaired) electrons. The van der Waals surface area contributed by atoms with Gasteiger partial charge >= 0.3 is 0 Å². The predicted octanol–water partition coefficient (Wildman–Crippen LogP) is 17.5. The van der Waals surface area contributed by atoms with E-state index in [1.807, 2.05) is 0 Å². The van der Waals surface area contributed by atoms with Crippen LogP contribution in [0.2, 0.25) is 0 Å². The SMILES string of the molecule is CC1(C)c2ccccc2-c2ccc(-c3ccc4ccc5c(-c6ccc7c(c6)C(C)(C)c6ccccc6-7)cc(-c6cc(/C=C\c7ccccc7)cc7ccccc67)c6ccc3c4c56)cc21. The van der Waals surface area contributed by atoms with Gasteiger partial charge in [0.05, 0.1) is 0 Å². The maximum Gasteiger partial charge on any atom is 0.0159 e. The molecule has 0 saturated carbocycles. The van der Waals surface area contributed by atoms with Gasteiger partial charge in [-0.15, -0.1) is 0 Å². The van der Waals surface area contributed by atoms with Crippen molar-refractivity contribution >= 4 is 55.2 Å². The van der Waals surface area contributed by atoms with Gasteiger partial charge in [-0.1, -0.05) is 204 Å². The lowest BCUT2D eigenvalue weighted by Crippen LogP contribution is -2.14. The van der Waals surface area contributed by atoms with Crippen molar-refractivity contribution in [3.8, 4) is 55.6 Å².